The summed E-state index contributed by atoms with van der Waals surface area (Å²) in [6, 6.07) is 3.48. The van der Waals surface area contributed by atoms with E-state index in [1.807, 2.05) is 13.8 Å². The van der Waals surface area contributed by atoms with E-state index in [2.05, 4.69) is 18.8 Å². The first-order valence-corrected chi connectivity index (χ1v) is 7.44. The Bertz CT molecular complexity index is 528. The van der Waals surface area contributed by atoms with Crippen molar-refractivity contribution in [3.63, 3.8) is 0 Å². The third kappa shape index (κ3) is 5.28. The molecule has 4 heteroatoms. The number of carbonyl (C=O) groups is 1. The summed E-state index contributed by atoms with van der Waals surface area (Å²) in [7, 11) is 0. The average Bonchev–Trinajstić information content (AvgIpc) is 2.85. The summed E-state index contributed by atoms with van der Waals surface area (Å²) in [4.78, 5) is 14.2. The SMILES string of the molecule is CCCC(C)N(CC)C(=O)c1ccc(C#CC(C)(C)O)o1. The third-order valence-corrected chi connectivity index (χ3v) is 3.15. The Labute approximate surface area is 127 Å². The van der Waals surface area contributed by atoms with Gasteiger partial charge in [-0.3, -0.25) is 4.79 Å². The second-order valence-corrected chi connectivity index (χ2v) is 5.70. The van der Waals surface area contributed by atoms with Crippen LogP contribution >= 0.6 is 0 Å². The van der Waals surface area contributed by atoms with Crippen LogP contribution in [0, 0.1) is 11.8 Å². The number of nitrogens with zero attached hydrogens (tertiary/aromatic N) is 1. The zero-order valence-electron chi connectivity index (χ0n) is 13.6. The van der Waals surface area contributed by atoms with E-state index in [-0.39, 0.29) is 11.9 Å². The highest BCUT2D eigenvalue weighted by atomic mass is 16.4. The van der Waals surface area contributed by atoms with Crippen LogP contribution in [0.4, 0.5) is 0 Å². The molecule has 0 saturated carbocycles. The van der Waals surface area contributed by atoms with Gasteiger partial charge in [-0.25, -0.2) is 0 Å². The van der Waals surface area contributed by atoms with Crippen molar-refractivity contribution in [3.8, 4) is 11.8 Å². The lowest BCUT2D eigenvalue weighted by atomic mass is 10.1. The van der Waals surface area contributed by atoms with Gasteiger partial charge in [-0.2, -0.15) is 0 Å². The van der Waals surface area contributed by atoms with E-state index in [1.54, 1.807) is 30.9 Å². The van der Waals surface area contributed by atoms with E-state index in [4.69, 9.17) is 4.42 Å². The molecule has 1 aromatic heterocycles. The van der Waals surface area contributed by atoms with Gasteiger partial charge in [0.15, 0.2) is 11.5 Å². The van der Waals surface area contributed by atoms with Crippen molar-refractivity contribution in [1.82, 2.24) is 4.90 Å². The molecule has 0 radical (unpaired) electrons. The van der Waals surface area contributed by atoms with Gasteiger partial charge in [0.2, 0.25) is 0 Å². The largest absolute Gasteiger partial charge is 0.443 e. The molecule has 0 aliphatic heterocycles. The summed E-state index contributed by atoms with van der Waals surface area (Å²) in [5.41, 5.74) is -1.08. The molecule has 0 fully saturated rings. The molecule has 1 N–H and O–H groups in total. The molecule has 1 unspecified atom stereocenters. The predicted octanol–water partition coefficient (Wildman–Crippen LogP) is 3.05. The monoisotopic (exact) mass is 291 g/mol. The third-order valence-electron chi connectivity index (χ3n) is 3.15. The van der Waals surface area contributed by atoms with Gasteiger partial charge in [0.05, 0.1) is 0 Å². The van der Waals surface area contributed by atoms with Crippen LogP contribution in [0.5, 0.6) is 0 Å². The molecule has 1 rings (SSSR count). The molecule has 0 bridgehead atoms. The second-order valence-electron chi connectivity index (χ2n) is 5.70. The molecular formula is C17H25NO3. The Balaban J connectivity index is 2.88. The van der Waals surface area contributed by atoms with Crippen molar-refractivity contribution in [2.75, 3.05) is 6.54 Å². The molecule has 0 spiro atoms. The van der Waals surface area contributed by atoms with Crippen molar-refractivity contribution in [1.29, 1.82) is 0 Å². The minimum Gasteiger partial charge on any atom is -0.443 e. The van der Waals surface area contributed by atoms with Crippen LogP contribution in [0.1, 0.15) is 63.8 Å². The van der Waals surface area contributed by atoms with Gasteiger partial charge in [-0.1, -0.05) is 19.3 Å². The summed E-state index contributed by atoms with van der Waals surface area (Å²) >= 11 is 0. The Morgan fingerprint density at radius 3 is 2.62 bits per heavy atom. The van der Waals surface area contributed by atoms with E-state index in [0.29, 0.717) is 18.1 Å². The average molecular weight is 291 g/mol. The van der Waals surface area contributed by atoms with Gasteiger partial charge in [0.1, 0.15) is 5.60 Å². The fraction of sp³-hybridized carbons (Fsp3) is 0.588. The molecule has 4 nitrogen and oxygen atoms in total. The van der Waals surface area contributed by atoms with Gasteiger partial charge >= 0.3 is 0 Å². The van der Waals surface area contributed by atoms with Gasteiger partial charge in [0, 0.05) is 12.6 Å². The highest BCUT2D eigenvalue weighted by molar-refractivity contribution is 5.91. The zero-order valence-corrected chi connectivity index (χ0v) is 13.6. The lowest BCUT2D eigenvalue weighted by Gasteiger charge is -2.26. The summed E-state index contributed by atoms with van der Waals surface area (Å²) in [5, 5.41) is 9.56. The Hall–Kier alpha value is -1.73. The molecule has 1 aromatic rings. The minimum atomic E-state index is -1.08. The Morgan fingerprint density at radius 2 is 2.10 bits per heavy atom. The summed E-state index contributed by atoms with van der Waals surface area (Å²) in [6.45, 7) is 9.95. The zero-order chi connectivity index (χ0) is 16.0. The highest BCUT2D eigenvalue weighted by Gasteiger charge is 2.22. The molecule has 116 valence electrons. The molecule has 1 amide bonds. The van der Waals surface area contributed by atoms with E-state index >= 15 is 0 Å². The number of furan rings is 1. The van der Waals surface area contributed by atoms with Crippen LogP contribution in [-0.2, 0) is 0 Å². The van der Waals surface area contributed by atoms with Crippen LogP contribution in [0.3, 0.4) is 0 Å². The number of hydrogen-bond acceptors (Lipinski definition) is 3. The lowest BCUT2D eigenvalue weighted by Crippen LogP contribution is -2.38. The summed E-state index contributed by atoms with van der Waals surface area (Å²) in [6.07, 6.45) is 2.00. The minimum absolute atomic E-state index is 0.116. The maximum atomic E-state index is 12.4. The van der Waals surface area contributed by atoms with Crippen molar-refractivity contribution in [2.24, 2.45) is 0 Å². The van der Waals surface area contributed by atoms with Crippen molar-refractivity contribution < 1.29 is 14.3 Å². The number of aliphatic hydroxyl groups is 1. The molecule has 1 atom stereocenters. The summed E-state index contributed by atoms with van der Waals surface area (Å²) in [5.74, 6) is 5.96. The quantitative estimate of drug-likeness (QED) is 0.848. The topological polar surface area (TPSA) is 53.7 Å². The molecule has 0 saturated heterocycles. The number of rotatable bonds is 5. The van der Waals surface area contributed by atoms with Crippen LogP contribution in [0.25, 0.3) is 0 Å². The smallest absolute Gasteiger partial charge is 0.289 e. The van der Waals surface area contributed by atoms with Crippen LogP contribution in [-0.4, -0.2) is 34.1 Å². The van der Waals surface area contributed by atoms with Crippen molar-refractivity contribution in [2.45, 2.75) is 59.1 Å². The highest BCUT2D eigenvalue weighted by Crippen LogP contribution is 2.14. The van der Waals surface area contributed by atoms with Crippen molar-refractivity contribution in [3.05, 3.63) is 23.7 Å². The number of hydrogen-bond donors (Lipinski definition) is 1. The first-order valence-electron chi connectivity index (χ1n) is 7.44. The number of carbonyl (C=O) groups excluding carboxylic acids is 1. The predicted molar refractivity (Wildman–Crippen MR) is 83.0 cm³/mol. The van der Waals surface area contributed by atoms with Gasteiger partial charge < -0.3 is 14.4 Å². The van der Waals surface area contributed by atoms with Crippen LogP contribution in [0.15, 0.2) is 16.5 Å². The number of amides is 1. The van der Waals surface area contributed by atoms with Crippen LogP contribution < -0.4 is 0 Å². The van der Waals surface area contributed by atoms with Gasteiger partial charge in [0.25, 0.3) is 5.91 Å². The first kappa shape index (κ1) is 17.3. The Kier molecular flexibility index (Phi) is 6.04. The molecule has 0 aliphatic rings. The fourth-order valence-electron chi connectivity index (χ4n) is 2.11. The van der Waals surface area contributed by atoms with Gasteiger partial charge in [-0.05, 0) is 52.2 Å². The van der Waals surface area contributed by atoms with Crippen molar-refractivity contribution >= 4 is 5.91 Å². The molecule has 1 heterocycles. The second kappa shape index (κ2) is 7.33. The molecule has 0 aliphatic carbocycles. The fourth-order valence-corrected chi connectivity index (χ4v) is 2.11. The maximum Gasteiger partial charge on any atom is 0.289 e. The first-order chi connectivity index (χ1) is 9.78. The maximum absolute atomic E-state index is 12.4. The summed E-state index contributed by atoms with van der Waals surface area (Å²) < 4.78 is 5.48. The molecule has 0 aromatic carbocycles. The molecular weight excluding hydrogens is 266 g/mol. The van der Waals surface area contributed by atoms with Gasteiger partial charge in [-0.15, -0.1) is 0 Å². The van der Waals surface area contributed by atoms with E-state index in [9.17, 15) is 9.90 Å². The Morgan fingerprint density at radius 1 is 1.43 bits per heavy atom. The normalized spacial score (nSPS) is 12.5. The molecule has 21 heavy (non-hydrogen) atoms. The van der Waals surface area contributed by atoms with E-state index in [0.717, 1.165) is 12.8 Å². The van der Waals surface area contributed by atoms with Crippen LogP contribution in [0.2, 0.25) is 0 Å². The van der Waals surface area contributed by atoms with E-state index < -0.39 is 5.60 Å². The lowest BCUT2D eigenvalue weighted by molar-refractivity contribution is 0.0662. The standard InChI is InChI=1S/C17H25NO3/c1-6-8-13(3)18(7-2)16(19)15-10-9-14(21-15)11-12-17(4,5)20/h9-10,13,20H,6-8H2,1-5H3. The van der Waals surface area contributed by atoms with E-state index in [1.165, 1.54) is 0 Å².